The van der Waals surface area contributed by atoms with E-state index in [9.17, 15) is 0 Å². The number of aromatic nitrogens is 1. The summed E-state index contributed by atoms with van der Waals surface area (Å²) in [5.41, 5.74) is 8.45. The average molecular weight is 464 g/mol. The van der Waals surface area contributed by atoms with Gasteiger partial charge in [-0.25, -0.2) is 0 Å². The molecule has 1 heterocycles. The predicted octanol–water partition coefficient (Wildman–Crippen LogP) is 9.69. The summed E-state index contributed by atoms with van der Waals surface area (Å²) < 4.78 is 0. The van der Waals surface area contributed by atoms with Gasteiger partial charge in [0.05, 0.1) is 5.69 Å². The summed E-state index contributed by atoms with van der Waals surface area (Å²) in [6, 6.07) is 41.6. The van der Waals surface area contributed by atoms with Crippen molar-refractivity contribution in [2.45, 2.75) is 26.2 Å². The van der Waals surface area contributed by atoms with Gasteiger partial charge in [0.25, 0.3) is 0 Å². The molecule has 0 amide bonds. The molecule has 36 heavy (non-hydrogen) atoms. The van der Waals surface area contributed by atoms with Gasteiger partial charge in [0.15, 0.2) is 0 Å². The number of benzene rings is 5. The molecule has 0 saturated carbocycles. The van der Waals surface area contributed by atoms with E-state index in [-0.39, 0.29) is 5.41 Å². The van der Waals surface area contributed by atoms with Gasteiger partial charge in [-0.05, 0) is 79.0 Å². The van der Waals surface area contributed by atoms with Gasteiger partial charge < -0.3 is 0 Å². The lowest BCUT2D eigenvalue weighted by Gasteiger charge is -2.19. The second-order valence-electron chi connectivity index (χ2n) is 10.5. The lowest BCUT2D eigenvalue weighted by molar-refractivity contribution is 0.590. The van der Waals surface area contributed by atoms with Crippen molar-refractivity contribution in [2.75, 3.05) is 0 Å². The summed E-state index contributed by atoms with van der Waals surface area (Å²) in [5, 5.41) is 5.11. The Morgan fingerprint density at radius 3 is 1.97 bits per heavy atom. The van der Waals surface area contributed by atoms with Crippen LogP contribution in [0.1, 0.15) is 26.3 Å². The van der Waals surface area contributed by atoms with Crippen molar-refractivity contribution in [1.29, 1.82) is 0 Å². The van der Waals surface area contributed by atoms with Crippen LogP contribution >= 0.6 is 0 Å². The van der Waals surface area contributed by atoms with Gasteiger partial charge in [0, 0.05) is 11.8 Å². The van der Waals surface area contributed by atoms with E-state index >= 15 is 0 Å². The first kappa shape index (κ1) is 22.2. The molecule has 6 aromatic rings. The molecule has 1 aromatic heterocycles. The molecule has 0 fully saturated rings. The van der Waals surface area contributed by atoms with Crippen LogP contribution in [0.3, 0.4) is 0 Å². The standard InChI is InChI=1S/C35H29N/c1-35(2,3)29-17-15-24(16-18-29)25-19-20-36-34(23-25)28-11-8-10-26(21-28)33-22-27-9-4-5-12-30(27)31-13-6-7-14-32(31)33/h4-23H,1-3H3. The number of nitrogens with zero attached hydrogens (tertiary/aromatic N) is 1. The summed E-state index contributed by atoms with van der Waals surface area (Å²) in [7, 11) is 0. The maximum atomic E-state index is 4.74. The largest absolute Gasteiger partial charge is 0.256 e. The highest BCUT2D eigenvalue weighted by atomic mass is 14.7. The van der Waals surface area contributed by atoms with Gasteiger partial charge in [0.1, 0.15) is 0 Å². The van der Waals surface area contributed by atoms with Crippen molar-refractivity contribution in [3.63, 3.8) is 0 Å². The Kier molecular flexibility index (Phi) is 5.42. The van der Waals surface area contributed by atoms with Crippen LogP contribution in [-0.2, 0) is 5.41 Å². The number of rotatable bonds is 3. The number of fused-ring (bicyclic) bond motifs is 3. The molecule has 0 aliphatic rings. The van der Waals surface area contributed by atoms with E-state index in [0.717, 1.165) is 11.3 Å². The molecule has 0 bridgehead atoms. The molecular formula is C35H29N. The Balaban J connectivity index is 1.43. The first-order valence-corrected chi connectivity index (χ1v) is 12.6. The molecule has 0 radical (unpaired) electrons. The summed E-state index contributed by atoms with van der Waals surface area (Å²) >= 11 is 0. The lowest BCUT2D eigenvalue weighted by Crippen LogP contribution is -2.10. The maximum absolute atomic E-state index is 4.74. The van der Waals surface area contributed by atoms with Crippen LogP contribution in [0.15, 0.2) is 121 Å². The Labute approximate surface area is 213 Å². The molecule has 0 spiro atoms. The van der Waals surface area contributed by atoms with Gasteiger partial charge >= 0.3 is 0 Å². The Morgan fingerprint density at radius 1 is 0.500 bits per heavy atom. The number of hydrogen-bond acceptors (Lipinski definition) is 1. The van der Waals surface area contributed by atoms with Crippen LogP contribution in [0, 0.1) is 0 Å². The number of pyridine rings is 1. The Morgan fingerprint density at radius 2 is 1.19 bits per heavy atom. The number of hydrogen-bond donors (Lipinski definition) is 0. The fourth-order valence-corrected chi connectivity index (χ4v) is 5.07. The third-order valence-corrected chi connectivity index (χ3v) is 7.08. The Hall–Kier alpha value is -4.23. The van der Waals surface area contributed by atoms with Crippen molar-refractivity contribution >= 4 is 21.5 Å². The molecule has 1 heteroatoms. The third-order valence-electron chi connectivity index (χ3n) is 7.08. The molecule has 5 aromatic carbocycles. The quantitative estimate of drug-likeness (QED) is 0.238. The molecule has 1 nitrogen and oxygen atoms in total. The van der Waals surface area contributed by atoms with E-state index in [1.165, 1.54) is 49.4 Å². The molecule has 174 valence electrons. The highest BCUT2D eigenvalue weighted by molar-refractivity contribution is 6.13. The van der Waals surface area contributed by atoms with Crippen LogP contribution < -0.4 is 0 Å². The minimum atomic E-state index is 0.148. The zero-order chi connectivity index (χ0) is 24.7. The van der Waals surface area contributed by atoms with Crippen molar-refractivity contribution in [2.24, 2.45) is 0 Å². The smallest absolute Gasteiger partial charge is 0.0708 e. The maximum Gasteiger partial charge on any atom is 0.0708 e. The third kappa shape index (κ3) is 4.07. The molecule has 6 rings (SSSR count). The van der Waals surface area contributed by atoms with E-state index in [1.807, 2.05) is 6.20 Å². The molecular weight excluding hydrogens is 434 g/mol. The topological polar surface area (TPSA) is 12.9 Å². The predicted molar refractivity (Wildman–Crippen MR) is 154 cm³/mol. The van der Waals surface area contributed by atoms with Crippen LogP contribution in [0.5, 0.6) is 0 Å². The monoisotopic (exact) mass is 463 g/mol. The van der Waals surface area contributed by atoms with Crippen LogP contribution in [0.25, 0.3) is 55.1 Å². The van der Waals surface area contributed by atoms with Gasteiger partial charge in [0.2, 0.25) is 0 Å². The lowest BCUT2D eigenvalue weighted by atomic mass is 9.86. The summed E-state index contributed by atoms with van der Waals surface area (Å²) in [6.45, 7) is 6.74. The van der Waals surface area contributed by atoms with Crippen LogP contribution in [0.4, 0.5) is 0 Å². The normalized spacial score (nSPS) is 11.8. The van der Waals surface area contributed by atoms with Gasteiger partial charge in [-0.1, -0.05) is 112 Å². The van der Waals surface area contributed by atoms with E-state index < -0.39 is 0 Å². The minimum absolute atomic E-state index is 0.148. The van der Waals surface area contributed by atoms with E-state index in [2.05, 4.69) is 136 Å². The van der Waals surface area contributed by atoms with Crippen molar-refractivity contribution in [1.82, 2.24) is 4.98 Å². The summed E-state index contributed by atoms with van der Waals surface area (Å²) in [6.07, 6.45) is 1.92. The minimum Gasteiger partial charge on any atom is -0.256 e. The molecule has 0 N–H and O–H groups in total. The van der Waals surface area contributed by atoms with Crippen molar-refractivity contribution in [3.05, 3.63) is 127 Å². The first-order chi connectivity index (χ1) is 17.5. The van der Waals surface area contributed by atoms with E-state index in [4.69, 9.17) is 4.98 Å². The molecule has 0 saturated heterocycles. The average Bonchev–Trinajstić information content (AvgIpc) is 2.92. The van der Waals surface area contributed by atoms with Gasteiger partial charge in [-0.3, -0.25) is 4.98 Å². The first-order valence-electron chi connectivity index (χ1n) is 12.6. The highest BCUT2D eigenvalue weighted by Gasteiger charge is 2.14. The summed E-state index contributed by atoms with van der Waals surface area (Å²) in [4.78, 5) is 4.74. The Bertz CT molecular complexity index is 1700. The van der Waals surface area contributed by atoms with Gasteiger partial charge in [-0.2, -0.15) is 0 Å². The van der Waals surface area contributed by atoms with Crippen LogP contribution in [0.2, 0.25) is 0 Å². The molecule has 0 aliphatic heterocycles. The van der Waals surface area contributed by atoms with Gasteiger partial charge in [-0.15, -0.1) is 0 Å². The molecule has 0 atom stereocenters. The zero-order valence-electron chi connectivity index (χ0n) is 21.0. The zero-order valence-corrected chi connectivity index (χ0v) is 21.0. The fourth-order valence-electron chi connectivity index (χ4n) is 5.07. The van der Waals surface area contributed by atoms with Crippen LogP contribution in [-0.4, -0.2) is 4.98 Å². The summed E-state index contributed by atoms with van der Waals surface area (Å²) in [5.74, 6) is 0. The second kappa shape index (κ2) is 8.77. The molecule has 0 unspecified atom stereocenters. The van der Waals surface area contributed by atoms with E-state index in [0.29, 0.717) is 0 Å². The van der Waals surface area contributed by atoms with E-state index in [1.54, 1.807) is 0 Å². The van der Waals surface area contributed by atoms with Crippen molar-refractivity contribution < 1.29 is 0 Å². The van der Waals surface area contributed by atoms with Crippen molar-refractivity contribution in [3.8, 4) is 33.5 Å². The second-order valence-corrected chi connectivity index (χ2v) is 10.5. The fraction of sp³-hybridized carbons (Fsp3) is 0.114. The highest BCUT2D eigenvalue weighted by Crippen LogP contribution is 2.36. The molecule has 0 aliphatic carbocycles. The SMILES string of the molecule is CC(C)(C)c1ccc(-c2ccnc(-c3cccc(-c4cc5ccccc5c5ccccc45)c3)c2)cc1.